The average Bonchev–Trinajstić information content (AvgIpc) is 3.35. The number of nitrogens with zero attached hydrogens (tertiary/aromatic N) is 6. The number of amides is 2. The summed E-state index contributed by atoms with van der Waals surface area (Å²) in [5.74, 6) is 1.84. The molecule has 2 aliphatic heterocycles. The molecular weight excluding hydrogens is 368 g/mol. The van der Waals surface area contributed by atoms with Crippen molar-refractivity contribution in [3.63, 3.8) is 0 Å². The van der Waals surface area contributed by atoms with Gasteiger partial charge >= 0.3 is 0 Å². The second-order valence-corrected chi connectivity index (χ2v) is 8.43. The van der Waals surface area contributed by atoms with Gasteiger partial charge in [0, 0.05) is 46.5 Å². The minimum atomic E-state index is -0.160. The van der Waals surface area contributed by atoms with E-state index < -0.39 is 0 Å². The highest BCUT2D eigenvalue weighted by molar-refractivity contribution is 5.85. The Kier molecular flexibility index (Phi) is 6.72. The predicted octanol–water partition coefficient (Wildman–Crippen LogP) is 1.15. The number of aromatic nitrogens is 2. The molecule has 29 heavy (non-hydrogen) atoms. The molecule has 1 aromatic rings. The van der Waals surface area contributed by atoms with Crippen LogP contribution in [0.25, 0.3) is 0 Å². The summed E-state index contributed by atoms with van der Waals surface area (Å²) in [6.07, 6.45) is 4.53. The zero-order valence-electron chi connectivity index (χ0n) is 18.4. The van der Waals surface area contributed by atoms with Crippen LogP contribution in [0.5, 0.6) is 0 Å². The fourth-order valence-corrected chi connectivity index (χ4v) is 4.31. The van der Waals surface area contributed by atoms with Gasteiger partial charge in [-0.2, -0.15) is 0 Å². The molecular formula is C21H34N6O2. The first-order valence-electron chi connectivity index (χ1n) is 10.6. The lowest BCUT2D eigenvalue weighted by Crippen LogP contribution is -2.43. The minimum absolute atomic E-state index is 0.0998. The first-order valence-corrected chi connectivity index (χ1v) is 10.6. The van der Waals surface area contributed by atoms with E-state index in [0.717, 1.165) is 62.5 Å². The van der Waals surface area contributed by atoms with Gasteiger partial charge in [-0.1, -0.05) is 6.92 Å². The standard InChI is InChI=1S/C21H34N6O2/c1-6-15-13-19(27-12-8-10-17(27)21(29)25(4)5)23-18(22-15)14-26-11-7-9-16(26)20(28)24(2)3/h13,16-17H,6-12,14H2,1-5H3/t16-,17-/m0/s1. The molecule has 2 saturated heterocycles. The number of anilines is 1. The van der Waals surface area contributed by atoms with E-state index in [2.05, 4.69) is 16.7 Å². The molecule has 8 nitrogen and oxygen atoms in total. The molecule has 3 heterocycles. The van der Waals surface area contributed by atoms with Gasteiger partial charge in [-0.15, -0.1) is 0 Å². The van der Waals surface area contributed by atoms with Gasteiger partial charge in [0.05, 0.1) is 12.6 Å². The molecule has 0 saturated carbocycles. The number of likely N-dealkylation sites (N-methyl/N-ethyl adjacent to an activating group) is 2. The largest absolute Gasteiger partial charge is 0.347 e. The number of rotatable bonds is 6. The van der Waals surface area contributed by atoms with Crippen molar-refractivity contribution < 1.29 is 9.59 Å². The van der Waals surface area contributed by atoms with E-state index in [-0.39, 0.29) is 23.9 Å². The smallest absolute Gasteiger partial charge is 0.244 e. The van der Waals surface area contributed by atoms with Crippen molar-refractivity contribution in [2.45, 2.75) is 57.7 Å². The van der Waals surface area contributed by atoms with Crippen LogP contribution in [-0.2, 0) is 22.6 Å². The number of carbonyl (C=O) groups is 2. The van der Waals surface area contributed by atoms with Crippen molar-refractivity contribution in [2.24, 2.45) is 0 Å². The summed E-state index contributed by atoms with van der Waals surface area (Å²) in [5.41, 5.74) is 0.975. The van der Waals surface area contributed by atoms with E-state index in [1.54, 1.807) is 38.0 Å². The summed E-state index contributed by atoms with van der Waals surface area (Å²) in [4.78, 5) is 42.3. The molecule has 0 radical (unpaired) electrons. The van der Waals surface area contributed by atoms with Crippen LogP contribution in [0.3, 0.4) is 0 Å². The molecule has 0 spiro atoms. The number of hydrogen-bond donors (Lipinski definition) is 0. The van der Waals surface area contributed by atoms with Crippen molar-refractivity contribution in [3.8, 4) is 0 Å². The molecule has 160 valence electrons. The summed E-state index contributed by atoms with van der Waals surface area (Å²) in [7, 11) is 7.22. The predicted molar refractivity (Wildman–Crippen MR) is 113 cm³/mol. The van der Waals surface area contributed by atoms with Crippen molar-refractivity contribution >= 4 is 17.6 Å². The first kappa shape index (κ1) is 21.5. The molecule has 0 unspecified atom stereocenters. The number of carbonyl (C=O) groups excluding carboxylic acids is 2. The van der Waals surface area contributed by atoms with Crippen LogP contribution in [0.1, 0.15) is 44.1 Å². The Morgan fingerprint density at radius 3 is 2.28 bits per heavy atom. The Balaban J connectivity index is 1.84. The molecule has 8 heteroatoms. The highest BCUT2D eigenvalue weighted by atomic mass is 16.2. The molecule has 0 bridgehead atoms. The fourth-order valence-electron chi connectivity index (χ4n) is 4.31. The molecule has 3 rings (SSSR count). The Bertz CT molecular complexity index is 751. The van der Waals surface area contributed by atoms with E-state index in [1.807, 2.05) is 6.07 Å². The molecule has 2 aliphatic rings. The topological polar surface area (TPSA) is 72.9 Å². The van der Waals surface area contributed by atoms with Gasteiger partial charge < -0.3 is 14.7 Å². The Labute approximate surface area is 173 Å². The zero-order valence-corrected chi connectivity index (χ0v) is 18.4. The van der Waals surface area contributed by atoms with E-state index in [0.29, 0.717) is 6.54 Å². The monoisotopic (exact) mass is 402 g/mol. The van der Waals surface area contributed by atoms with Gasteiger partial charge in [0.1, 0.15) is 17.7 Å². The van der Waals surface area contributed by atoms with Gasteiger partial charge in [-0.05, 0) is 38.6 Å². The quantitative estimate of drug-likeness (QED) is 0.711. The second kappa shape index (κ2) is 9.07. The highest BCUT2D eigenvalue weighted by Crippen LogP contribution is 2.27. The van der Waals surface area contributed by atoms with E-state index in [1.165, 1.54) is 0 Å². The van der Waals surface area contributed by atoms with Crippen LogP contribution in [0.2, 0.25) is 0 Å². The van der Waals surface area contributed by atoms with Crippen molar-refractivity contribution in [1.29, 1.82) is 0 Å². The molecule has 0 aromatic carbocycles. The van der Waals surface area contributed by atoms with Gasteiger partial charge in [0.15, 0.2) is 0 Å². The van der Waals surface area contributed by atoms with Crippen LogP contribution >= 0.6 is 0 Å². The SMILES string of the molecule is CCc1cc(N2CCC[C@H]2C(=O)N(C)C)nc(CN2CCC[C@H]2C(=O)N(C)C)n1. The molecule has 2 amide bonds. The van der Waals surface area contributed by atoms with Crippen LogP contribution in [0.15, 0.2) is 6.07 Å². The molecule has 2 fully saturated rings. The van der Waals surface area contributed by atoms with E-state index >= 15 is 0 Å². The molecule has 1 aromatic heterocycles. The second-order valence-electron chi connectivity index (χ2n) is 8.43. The van der Waals surface area contributed by atoms with Crippen molar-refractivity contribution in [2.75, 3.05) is 46.2 Å². The third kappa shape index (κ3) is 4.69. The lowest BCUT2D eigenvalue weighted by molar-refractivity contribution is -0.133. The lowest BCUT2D eigenvalue weighted by Gasteiger charge is -2.28. The third-order valence-electron chi connectivity index (χ3n) is 5.88. The third-order valence-corrected chi connectivity index (χ3v) is 5.88. The molecule has 0 aliphatic carbocycles. The van der Waals surface area contributed by atoms with Crippen LogP contribution in [-0.4, -0.2) is 89.8 Å². The maximum absolute atomic E-state index is 12.6. The summed E-state index contributed by atoms with van der Waals surface area (Å²) >= 11 is 0. The first-order chi connectivity index (χ1) is 13.8. The van der Waals surface area contributed by atoms with Crippen LogP contribution in [0.4, 0.5) is 5.82 Å². The summed E-state index contributed by atoms with van der Waals surface area (Å²) in [6, 6.07) is 1.75. The fraction of sp³-hybridized carbons (Fsp3) is 0.714. The number of hydrogen-bond acceptors (Lipinski definition) is 6. The average molecular weight is 403 g/mol. The lowest BCUT2D eigenvalue weighted by atomic mass is 10.2. The minimum Gasteiger partial charge on any atom is -0.347 e. The van der Waals surface area contributed by atoms with Crippen molar-refractivity contribution in [3.05, 3.63) is 17.6 Å². The maximum Gasteiger partial charge on any atom is 0.244 e. The van der Waals surface area contributed by atoms with Crippen LogP contribution < -0.4 is 4.90 Å². The van der Waals surface area contributed by atoms with E-state index in [4.69, 9.17) is 9.97 Å². The van der Waals surface area contributed by atoms with E-state index in [9.17, 15) is 9.59 Å². The van der Waals surface area contributed by atoms with Gasteiger partial charge in [0.25, 0.3) is 0 Å². The summed E-state index contributed by atoms with van der Waals surface area (Å²) < 4.78 is 0. The van der Waals surface area contributed by atoms with Gasteiger partial charge in [0.2, 0.25) is 11.8 Å². The summed E-state index contributed by atoms with van der Waals surface area (Å²) in [5, 5.41) is 0. The number of aryl methyl sites for hydroxylation is 1. The Morgan fingerprint density at radius 2 is 1.62 bits per heavy atom. The van der Waals surface area contributed by atoms with Gasteiger partial charge in [-0.3, -0.25) is 14.5 Å². The van der Waals surface area contributed by atoms with Gasteiger partial charge in [-0.25, -0.2) is 9.97 Å². The maximum atomic E-state index is 12.6. The Morgan fingerprint density at radius 1 is 1.00 bits per heavy atom. The summed E-state index contributed by atoms with van der Waals surface area (Å²) in [6.45, 7) is 4.35. The molecule has 0 N–H and O–H groups in total. The van der Waals surface area contributed by atoms with Crippen LogP contribution in [0, 0.1) is 0 Å². The zero-order chi connectivity index (χ0) is 21.1. The molecule has 2 atom stereocenters. The normalized spacial score (nSPS) is 22.2. The Hall–Kier alpha value is -2.22. The van der Waals surface area contributed by atoms with Crippen molar-refractivity contribution in [1.82, 2.24) is 24.7 Å². The number of likely N-dealkylation sites (tertiary alicyclic amines) is 1. The highest BCUT2D eigenvalue weighted by Gasteiger charge is 2.34.